The minimum atomic E-state index is -0.196. The van der Waals surface area contributed by atoms with Gasteiger partial charge < -0.3 is 24.2 Å². The first-order valence-electron chi connectivity index (χ1n) is 6.71. The van der Waals surface area contributed by atoms with E-state index >= 15 is 0 Å². The molecule has 0 fully saturated rings. The highest BCUT2D eigenvalue weighted by Crippen LogP contribution is 2.38. The van der Waals surface area contributed by atoms with Crippen molar-refractivity contribution < 1.29 is 24.1 Å². The van der Waals surface area contributed by atoms with Crippen LogP contribution in [0.4, 0.5) is 0 Å². The zero-order chi connectivity index (χ0) is 16.0. The van der Waals surface area contributed by atoms with Crippen molar-refractivity contribution in [2.45, 2.75) is 19.9 Å². The fourth-order valence-electron chi connectivity index (χ4n) is 2.07. The van der Waals surface area contributed by atoms with Gasteiger partial charge in [0.1, 0.15) is 0 Å². The molecule has 6 heteroatoms. The van der Waals surface area contributed by atoms with E-state index in [0.717, 1.165) is 0 Å². The van der Waals surface area contributed by atoms with Crippen molar-refractivity contribution in [3.8, 4) is 17.2 Å². The highest BCUT2D eigenvalue weighted by molar-refractivity contribution is 5.95. The number of benzene rings is 1. The Morgan fingerprint density at radius 2 is 1.67 bits per heavy atom. The second-order valence-corrected chi connectivity index (χ2v) is 4.73. The van der Waals surface area contributed by atoms with Crippen LogP contribution in [0.25, 0.3) is 0 Å². The first-order valence-corrected chi connectivity index (χ1v) is 6.71. The Morgan fingerprint density at radius 3 is 2.00 bits per heavy atom. The standard InChI is InChI=1S/C15H23NO5/c1-10(2)16(6-7-17)15(18)11-8-12(19-3)14(21-5)13(9-11)20-4/h8-10,17H,6-7H2,1-5H3. The van der Waals surface area contributed by atoms with Gasteiger partial charge >= 0.3 is 0 Å². The topological polar surface area (TPSA) is 68.2 Å². The van der Waals surface area contributed by atoms with Gasteiger partial charge in [0, 0.05) is 18.2 Å². The fourth-order valence-corrected chi connectivity index (χ4v) is 2.07. The lowest BCUT2D eigenvalue weighted by atomic mass is 10.1. The number of amides is 1. The SMILES string of the molecule is COc1cc(C(=O)N(CCO)C(C)C)cc(OC)c1OC. The van der Waals surface area contributed by atoms with Gasteiger partial charge in [-0.05, 0) is 26.0 Å². The van der Waals surface area contributed by atoms with Crippen LogP contribution in [-0.4, -0.2) is 56.4 Å². The minimum absolute atomic E-state index is 0.0243. The van der Waals surface area contributed by atoms with Gasteiger partial charge in [0.15, 0.2) is 11.5 Å². The number of rotatable bonds is 7. The Hall–Kier alpha value is -1.95. The van der Waals surface area contributed by atoms with E-state index in [0.29, 0.717) is 22.8 Å². The van der Waals surface area contributed by atoms with Gasteiger partial charge in [0.25, 0.3) is 5.91 Å². The second kappa shape index (κ2) is 7.73. The van der Waals surface area contributed by atoms with Crippen molar-refractivity contribution >= 4 is 5.91 Å². The summed E-state index contributed by atoms with van der Waals surface area (Å²) < 4.78 is 15.7. The monoisotopic (exact) mass is 297 g/mol. The Balaban J connectivity index is 3.26. The normalized spacial score (nSPS) is 10.4. The molecule has 0 spiro atoms. The summed E-state index contributed by atoms with van der Waals surface area (Å²) in [5.41, 5.74) is 0.423. The maximum Gasteiger partial charge on any atom is 0.254 e. The van der Waals surface area contributed by atoms with Crippen LogP contribution in [0.15, 0.2) is 12.1 Å². The molecule has 0 bridgehead atoms. The quantitative estimate of drug-likeness (QED) is 0.827. The molecular formula is C15H23NO5. The van der Waals surface area contributed by atoms with Crippen molar-refractivity contribution in [1.29, 1.82) is 0 Å². The van der Waals surface area contributed by atoms with Crippen LogP contribution in [0.5, 0.6) is 17.2 Å². The maximum atomic E-state index is 12.6. The molecule has 1 aromatic rings. The summed E-state index contributed by atoms with van der Waals surface area (Å²) >= 11 is 0. The largest absolute Gasteiger partial charge is 0.493 e. The summed E-state index contributed by atoms with van der Waals surface area (Å²) in [6.45, 7) is 3.97. The molecule has 0 aliphatic heterocycles. The summed E-state index contributed by atoms with van der Waals surface area (Å²) in [6.07, 6.45) is 0. The minimum Gasteiger partial charge on any atom is -0.493 e. The zero-order valence-electron chi connectivity index (χ0n) is 13.2. The summed E-state index contributed by atoms with van der Waals surface area (Å²) in [5, 5.41) is 9.10. The van der Waals surface area contributed by atoms with Gasteiger partial charge in [-0.2, -0.15) is 0 Å². The molecule has 0 atom stereocenters. The van der Waals surface area contributed by atoms with Crippen LogP contribution < -0.4 is 14.2 Å². The number of carbonyl (C=O) groups is 1. The molecule has 21 heavy (non-hydrogen) atoms. The molecule has 0 aliphatic carbocycles. The van der Waals surface area contributed by atoms with Crippen molar-refractivity contribution in [2.75, 3.05) is 34.5 Å². The molecular weight excluding hydrogens is 274 g/mol. The summed E-state index contributed by atoms with van der Waals surface area (Å²) in [5.74, 6) is 1.09. The van der Waals surface area contributed by atoms with Gasteiger partial charge in [-0.15, -0.1) is 0 Å². The average molecular weight is 297 g/mol. The highest BCUT2D eigenvalue weighted by Gasteiger charge is 2.22. The van der Waals surface area contributed by atoms with E-state index in [2.05, 4.69) is 0 Å². The van der Waals surface area contributed by atoms with Crippen molar-refractivity contribution in [3.05, 3.63) is 17.7 Å². The fraction of sp³-hybridized carbons (Fsp3) is 0.533. The predicted molar refractivity (Wildman–Crippen MR) is 79.4 cm³/mol. The van der Waals surface area contributed by atoms with Crippen LogP contribution in [0, 0.1) is 0 Å². The molecule has 1 amide bonds. The van der Waals surface area contributed by atoms with E-state index in [4.69, 9.17) is 19.3 Å². The number of carbonyl (C=O) groups excluding carboxylic acids is 1. The number of aliphatic hydroxyl groups excluding tert-OH is 1. The Kier molecular flexibility index (Phi) is 6.30. The third-order valence-electron chi connectivity index (χ3n) is 3.14. The average Bonchev–Trinajstić information content (AvgIpc) is 2.49. The number of nitrogens with zero attached hydrogens (tertiary/aromatic N) is 1. The third kappa shape index (κ3) is 3.78. The lowest BCUT2D eigenvalue weighted by Crippen LogP contribution is -2.39. The van der Waals surface area contributed by atoms with E-state index in [1.165, 1.54) is 21.3 Å². The highest BCUT2D eigenvalue weighted by atomic mass is 16.5. The molecule has 1 N–H and O–H groups in total. The summed E-state index contributed by atoms with van der Waals surface area (Å²) in [4.78, 5) is 14.2. The first kappa shape index (κ1) is 17.1. The van der Waals surface area contributed by atoms with E-state index in [1.807, 2.05) is 13.8 Å². The molecule has 0 heterocycles. The number of aliphatic hydroxyl groups is 1. The first-order chi connectivity index (χ1) is 9.99. The number of ether oxygens (including phenoxy) is 3. The van der Waals surface area contributed by atoms with Gasteiger partial charge in [0.05, 0.1) is 27.9 Å². The molecule has 6 nitrogen and oxygen atoms in total. The second-order valence-electron chi connectivity index (χ2n) is 4.73. The molecule has 1 rings (SSSR count). The van der Waals surface area contributed by atoms with Gasteiger partial charge in [-0.25, -0.2) is 0 Å². The van der Waals surface area contributed by atoms with Crippen LogP contribution >= 0.6 is 0 Å². The smallest absolute Gasteiger partial charge is 0.254 e. The van der Waals surface area contributed by atoms with Crippen LogP contribution in [0.2, 0.25) is 0 Å². The van der Waals surface area contributed by atoms with Crippen molar-refractivity contribution in [3.63, 3.8) is 0 Å². The maximum absolute atomic E-state index is 12.6. The molecule has 0 saturated heterocycles. The molecule has 0 aromatic heterocycles. The van der Waals surface area contributed by atoms with Gasteiger partial charge in [-0.1, -0.05) is 0 Å². The van der Waals surface area contributed by atoms with E-state index in [1.54, 1.807) is 17.0 Å². The number of methoxy groups -OCH3 is 3. The van der Waals surface area contributed by atoms with Crippen LogP contribution in [0.1, 0.15) is 24.2 Å². The molecule has 0 saturated carbocycles. The van der Waals surface area contributed by atoms with E-state index in [-0.39, 0.29) is 25.1 Å². The Morgan fingerprint density at radius 1 is 1.14 bits per heavy atom. The molecule has 0 unspecified atom stereocenters. The van der Waals surface area contributed by atoms with Gasteiger partial charge in [-0.3, -0.25) is 4.79 Å². The van der Waals surface area contributed by atoms with Gasteiger partial charge in [0.2, 0.25) is 5.75 Å². The van der Waals surface area contributed by atoms with Crippen molar-refractivity contribution in [1.82, 2.24) is 4.90 Å². The molecule has 1 aromatic carbocycles. The summed E-state index contributed by atoms with van der Waals surface area (Å²) in [7, 11) is 4.51. The Bertz CT molecular complexity index is 462. The number of hydrogen-bond acceptors (Lipinski definition) is 5. The Labute approximate surface area is 125 Å². The number of hydrogen-bond donors (Lipinski definition) is 1. The van der Waals surface area contributed by atoms with Crippen LogP contribution in [-0.2, 0) is 0 Å². The zero-order valence-corrected chi connectivity index (χ0v) is 13.2. The predicted octanol–water partition coefficient (Wildman–Crippen LogP) is 1.56. The summed E-state index contributed by atoms with van der Waals surface area (Å²) in [6, 6.07) is 3.19. The lowest BCUT2D eigenvalue weighted by molar-refractivity contribution is 0.0664. The third-order valence-corrected chi connectivity index (χ3v) is 3.14. The van der Waals surface area contributed by atoms with Crippen LogP contribution in [0.3, 0.4) is 0 Å². The molecule has 118 valence electrons. The molecule has 0 aliphatic rings. The lowest BCUT2D eigenvalue weighted by Gasteiger charge is -2.26. The van der Waals surface area contributed by atoms with E-state index in [9.17, 15) is 4.79 Å². The van der Waals surface area contributed by atoms with Crippen molar-refractivity contribution in [2.24, 2.45) is 0 Å². The molecule has 0 radical (unpaired) electrons. The van der Waals surface area contributed by atoms with E-state index < -0.39 is 0 Å².